The van der Waals surface area contributed by atoms with Crippen LogP contribution >= 0.6 is 15.6 Å². The van der Waals surface area contributed by atoms with Crippen molar-refractivity contribution < 1.29 is 75.8 Å². The molecular formula is C75H120O16P2. The molecule has 5 atom stereocenters. The zero-order chi connectivity index (χ0) is 68.1. The van der Waals surface area contributed by atoms with E-state index >= 15 is 0 Å². The first-order valence-electron chi connectivity index (χ1n) is 34.4. The van der Waals surface area contributed by atoms with Gasteiger partial charge in [0.2, 0.25) is 0 Å². The highest BCUT2D eigenvalue weighted by atomic mass is 31.2. The van der Waals surface area contributed by atoms with Crippen LogP contribution in [0.2, 0.25) is 0 Å². The minimum Gasteiger partial charge on any atom is -0.463 e. The lowest BCUT2D eigenvalue weighted by molar-refractivity contribution is -0.161. The van der Waals surface area contributed by atoms with E-state index in [1.165, 1.54) is 0 Å². The molecule has 0 fully saturated rings. The molecule has 16 nitrogen and oxygen atoms in total. The lowest BCUT2D eigenvalue weighted by Gasteiger charge is -2.21. The zero-order valence-electron chi connectivity index (χ0n) is 56.9. The highest BCUT2D eigenvalue weighted by molar-refractivity contribution is 7.47. The molecule has 0 amide bonds. The quantitative estimate of drug-likeness (QED) is 0.0146. The van der Waals surface area contributed by atoms with Crippen LogP contribution in [0, 0.1) is 0 Å². The molecule has 18 heteroatoms. The van der Waals surface area contributed by atoms with Crippen molar-refractivity contribution in [3.05, 3.63) is 170 Å². The summed E-state index contributed by atoms with van der Waals surface area (Å²) in [5.41, 5.74) is 0. The molecule has 0 aliphatic heterocycles. The van der Waals surface area contributed by atoms with Gasteiger partial charge in [0.05, 0.1) is 26.4 Å². The molecule has 0 saturated carbocycles. The summed E-state index contributed by atoms with van der Waals surface area (Å²) >= 11 is 0. The van der Waals surface area contributed by atoms with Crippen LogP contribution in [0.4, 0.5) is 0 Å². The van der Waals surface area contributed by atoms with E-state index in [0.717, 1.165) is 167 Å². The number of aliphatic hydroxyl groups is 2. The van der Waals surface area contributed by atoms with Gasteiger partial charge in [0.25, 0.3) is 0 Å². The third kappa shape index (κ3) is 68.1. The molecule has 0 aromatic heterocycles. The fourth-order valence-electron chi connectivity index (χ4n) is 8.26. The molecule has 526 valence electrons. The SMILES string of the molecule is CC/C=C\C/C=C\C/C=C\C/C=C\C/C=C\C/C=C\CCCCC(=O)OCC(O)COP(=O)(O)OCC(O)COP(=O)(O)OCC(COC(=O)CCCCC/C=C\C/C=C\C/C=C\C/C=C\C/C=C\CC)OC(=O)CCCCCCCCC/C=C\C/C=C\C/C=C\CC. The standard InChI is InChI=1S/C75H120O16P2/c1-4-7-10-13-16-19-22-25-28-31-33-34-36-39-40-43-46-49-52-55-58-61-73(78)85-64-70(76)65-87-92(81,82)88-66-71(77)67-89-93(83,84)90-69-72(91-75(80)63-60-57-54-51-48-45-42-37-30-27-24-21-18-15-12-9-6-3)68-86-74(79)62-59-56-53-50-47-44-41-38-35-32-29-26-23-20-17-14-11-8-5-2/h7-12,16-21,25-30,33-35,38-40,44,46-47,49,70-72,76-77H,4-6,13-15,22-24,31-32,36-37,41-43,45,48,50-69H2,1-3H3,(H,81,82)(H,83,84)/b10-7-,11-8-,12-9-,19-16-,20-17-,21-18-,28-25-,29-26-,30-27-,34-33-,38-35-,40-39-,47-44-,49-46-. The Morgan fingerprint density at radius 2 is 0.538 bits per heavy atom. The van der Waals surface area contributed by atoms with Crippen LogP contribution in [-0.2, 0) is 55.8 Å². The van der Waals surface area contributed by atoms with Gasteiger partial charge in [0, 0.05) is 19.3 Å². The van der Waals surface area contributed by atoms with Gasteiger partial charge in [0.15, 0.2) is 6.10 Å². The number of unbranched alkanes of at least 4 members (excludes halogenated alkanes) is 12. The highest BCUT2D eigenvalue weighted by Crippen LogP contribution is 2.45. The summed E-state index contributed by atoms with van der Waals surface area (Å²) in [5.74, 6) is -1.68. The molecule has 0 aliphatic carbocycles. The van der Waals surface area contributed by atoms with Crippen molar-refractivity contribution in [3.8, 4) is 0 Å². The van der Waals surface area contributed by atoms with Crippen molar-refractivity contribution in [1.29, 1.82) is 0 Å². The van der Waals surface area contributed by atoms with Gasteiger partial charge in [-0.1, -0.05) is 229 Å². The second kappa shape index (κ2) is 66.9. The average molecular weight is 1340 g/mol. The van der Waals surface area contributed by atoms with E-state index in [0.29, 0.717) is 19.3 Å². The lowest BCUT2D eigenvalue weighted by atomic mass is 10.1. The first kappa shape index (κ1) is 87.9. The van der Waals surface area contributed by atoms with E-state index in [1.807, 2.05) is 0 Å². The Balaban J connectivity index is 4.79. The minimum absolute atomic E-state index is 0.0775. The van der Waals surface area contributed by atoms with Crippen molar-refractivity contribution in [3.63, 3.8) is 0 Å². The topological polar surface area (TPSA) is 231 Å². The summed E-state index contributed by atoms with van der Waals surface area (Å²) in [6.07, 6.45) is 82.6. The molecule has 0 saturated heterocycles. The number of hydrogen-bond donors (Lipinski definition) is 4. The van der Waals surface area contributed by atoms with E-state index in [-0.39, 0.29) is 19.3 Å². The van der Waals surface area contributed by atoms with Crippen LogP contribution in [0.25, 0.3) is 0 Å². The first-order valence-corrected chi connectivity index (χ1v) is 37.4. The second-order valence-electron chi connectivity index (χ2n) is 22.2. The van der Waals surface area contributed by atoms with Crippen LogP contribution in [-0.4, -0.2) is 95.9 Å². The largest absolute Gasteiger partial charge is 0.472 e. The number of phosphoric ester groups is 2. The Kier molecular flexibility index (Phi) is 63.2. The maximum atomic E-state index is 12.9. The fraction of sp³-hybridized carbons (Fsp3) is 0.587. The number of phosphoric acid groups is 2. The summed E-state index contributed by atoms with van der Waals surface area (Å²) < 4.78 is 60.9. The van der Waals surface area contributed by atoms with E-state index in [2.05, 4.69) is 191 Å². The maximum Gasteiger partial charge on any atom is 0.472 e. The van der Waals surface area contributed by atoms with Crippen molar-refractivity contribution in [2.45, 2.75) is 245 Å². The fourth-order valence-corrected chi connectivity index (χ4v) is 9.84. The number of aliphatic hydroxyl groups excluding tert-OH is 2. The van der Waals surface area contributed by atoms with Crippen LogP contribution < -0.4 is 0 Å². The molecule has 0 heterocycles. The van der Waals surface area contributed by atoms with Gasteiger partial charge >= 0.3 is 33.6 Å². The number of carbonyl (C=O) groups excluding carboxylic acids is 3. The third-order valence-electron chi connectivity index (χ3n) is 13.4. The van der Waals surface area contributed by atoms with E-state index < -0.39 is 91.5 Å². The molecule has 5 unspecified atom stereocenters. The molecule has 0 spiro atoms. The van der Waals surface area contributed by atoms with Crippen molar-refractivity contribution >= 4 is 33.6 Å². The summed E-state index contributed by atoms with van der Waals surface area (Å²) in [5, 5.41) is 20.6. The number of esters is 3. The smallest absolute Gasteiger partial charge is 0.463 e. The molecular weight excluding hydrogens is 1220 g/mol. The van der Waals surface area contributed by atoms with E-state index in [1.54, 1.807) is 0 Å². The Bertz CT molecular complexity index is 2370. The van der Waals surface area contributed by atoms with Gasteiger partial charge < -0.3 is 34.2 Å². The number of ether oxygens (including phenoxy) is 3. The van der Waals surface area contributed by atoms with Gasteiger partial charge in [-0.25, -0.2) is 9.13 Å². The maximum absolute atomic E-state index is 12.9. The van der Waals surface area contributed by atoms with Crippen molar-refractivity contribution in [2.24, 2.45) is 0 Å². The molecule has 0 aromatic rings. The Hall–Kier alpha value is -5.09. The molecule has 4 N–H and O–H groups in total. The zero-order valence-corrected chi connectivity index (χ0v) is 58.6. The predicted octanol–water partition coefficient (Wildman–Crippen LogP) is 19.3. The molecule has 0 radical (unpaired) electrons. The summed E-state index contributed by atoms with van der Waals surface area (Å²) in [6, 6.07) is 0. The Morgan fingerprint density at radius 1 is 0.301 bits per heavy atom. The van der Waals surface area contributed by atoms with Gasteiger partial charge in [0.1, 0.15) is 25.4 Å². The summed E-state index contributed by atoms with van der Waals surface area (Å²) in [4.78, 5) is 58.4. The lowest BCUT2D eigenvalue weighted by Crippen LogP contribution is -2.30. The predicted molar refractivity (Wildman–Crippen MR) is 380 cm³/mol. The monoisotopic (exact) mass is 1340 g/mol. The van der Waals surface area contributed by atoms with Crippen molar-refractivity contribution in [1.82, 2.24) is 0 Å². The normalized spacial score (nSPS) is 15.2. The van der Waals surface area contributed by atoms with Crippen LogP contribution in [0.5, 0.6) is 0 Å². The summed E-state index contributed by atoms with van der Waals surface area (Å²) in [6.45, 7) is 2.19. The van der Waals surface area contributed by atoms with Gasteiger partial charge in [-0.2, -0.15) is 0 Å². The van der Waals surface area contributed by atoms with Gasteiger partial charge in [-0.15, -0.1) is 0 Å². The molecule has 0 aliphatic rings. The third-order valence-corrected chi connectivity index (χ3v) is 15.3. The average Bonchev–Trinajstić information content (AvgIpc) is 3.72. The Labute approximate surface area is 561 Å². The van der Waals surface area contributed by atoms with Crippen LogP contribution in [0.3, 0.4) is 0 Å². The number of carbonyl (C=O) groups is 3. The molecule has 93 heavy (non-hydrogen) atoms. The van der Waals surface area contributed by atoms with Crippen molar-refractivity contribution in [2.75, 3.05) is 39.6 Å². The second-order valence-corrected chi connectivity index (χ2v) is 25.1. The first-order chi connectivity index (χ1) is 45.2. The minimum atomic E-state index is -4.95. The van der Waals surface area contributed by atoms with Crippen LogP contribution in [0.15, 0.2) is 170 Å². The summed E-state index contributed by atoms with van der Waals surface area (Å²) in [7, 11) is -9.82. The molecule has 0 aromatic carbocycles. The Morgan fingerprint density at radius 3 is 0.882 bits per heavy atom. The van der Waals surface area contributed by atoms with Crippen LogP contribution in [0.1, 0.15) is 226 Å². The van der Waals surface area contributed by atoms with E-state index in [4.69, 9.17) is 32.3 Å². The van der Waals surface area contributed by atoms with E-state index in [9.17, 15) is 43.5 Å². The van der Waals surface area contributed by atoms with Gasteiger partial charge in [-0.05, 0) is 148 Å². The molecule has 0 rings (SSSR count). The number of hydrogen-bond acceptors (Lipinski definition) is 14. The van der Waals surface area contributed by atoms with Gasteiger partial charge in [-0.3, -0.25) is 32.5 Å². The molecule has 0 bridgehead atoms. The number of allylic oxidation sites excluding steroid dienone is 28. The number of rotatable bonds is 63. The highest BCUT2D eigenvalue weighted by Gasteiger charge is 2.29.